The summed E-state index contributed by atoms with van der Waals surface area (Å²) in [5.74, 6) is -2.94. The molecule has 2 N–H and O–H groups in total. The number of pyridine rings is 2. The van der Waals surface area contributed by atoms with Crippen LogP contribution in [0.15, 0.2) is 78.2 Å². The van der Waals surface area contributed by atoms with Crippen molar-refractivity contribution >= 4 is 50.2 Å². The first-order chi connectivity index (χ1) is 26.3. The van der Waals surface area contributed by atoms with E-state index in [9.17, 15) is 18.5 Å². The number of nitrogens with one attached hydrogen (secondary N) is 2. The molecule has 1 unspecified atom stereocenters. The second kappa shape index (κ2) is 21.4. The van der Waals surface area contributed by atoms with Gasteiger partial charge in [0.1, 0.15) is 22.2 Å². The molecular formula is C36H46ClF2N4O10P2+. The third kappa shape index (κ3) is 11.3. The summed E-state index contributed by atoms with van der Waals surface area (Å²) in [5, 5.41) is 5.36. The molecule has 3 aromatic rings. The lowest BCUT2D eigenvalue weighted by Crippen LogP contribution is -2.30. The average molecular weight is 830 g/mol. The quantitative estimate of drug-likeness (QED) is 0.0731. The molecule has 0 fully saturated rings. The zero-order valence-electron chi connectivity index (χ0n) is 31.6. The standard InChI is InChI=1S/C36H45ClF2N4O10P2/c1-9-26(17-15-24(7)38)43-22-20-29(48-10-2)31(35(43)45)34(44)41-25-16-18-28(27(39)23-25)53-30-19-21-40-33(32(30)37)42-36(54(46,49-11-3)50-12-4)55(47-8,51-13-5)52-14-6/h9,15-23,36H,7,10-14H2,1-6,8H3,(H-,40,41,42,44)/p+1/b17-15-,26-9+. The fourth-order valence-electron chi connectivity index (χ4n) is 5.01. The largest absolute Gasteiger partial charge is 0.493 e. The van der Waals surface area contributed by atoms with Crippen LogP contribution in [0.4, 0.5) is 20.3 Å². The molecule has 0 radical (unpaired) electrons. The van der Waals surface area contributed by atoms with Gasteiger partial charge in [0.25, 0.3) is 11.5 Å². The number of aromatic nitrogens is 2. The highest BCUT2D eigenvalue weighted by Crippen LogP contribution is 2.77. The summed E-state index contributed by atoms with van der Waals surface area (Å²) in [6, 6.07) is 6.35. The lowest BCUT2D eigenvalue weighted by Gasteiger charge is -2.32. The van der Waals surface area contributed by atoms with E-state index in [1.807, 2.05) is 0 Å². The van der Waals surface area contributed by atoms with Crippen LogP contribution in [-0.4, -0.2) is 61.1 Å². The predicted octanol–water partition coefficient (Wildman–Crippen LogP) is 9.82. The van der Waals surface area contributed by atoms with Crippen molar-refractivity contribution in [3.05, 3.63) is 100 Å². The van der Waals surface area contributed by atoms with E-state index < -0.39 is 44.2 Å². The third-order valence-corrected chi connectivity index (χ3v) is 13.7. The van der Waals surface area contributed by atoms with Gasteiger partial charge in [0.15, 0.2) is 23.1 Å². The predicted molar refractivity (Wildman–Crippen MR) is 210 cm³/mol. The van der Waals surface area contributed by atoms with Crippen molar-refractivity contribution in [1.29, 1.82) is 0 Å². The highest BCUT2D eigenvalue weighted by molar-refractivity contribution is 7.77. The van der Waals surface area contributed by atoms with E-state index in [4.69, 9.17) is 43.7 Å². The van der Waals surface area contributed by atoms with Gasteiger partial charge in [-0.05, 0) is 71.9 Å². The molecule has 0 bridgehead atoms. The first-order valence-corrected chi connectivity index (χ1v) is 20.8. The summed E-state index contributed by atoms with van der Waals surface area (Å²) >= 11 is 6.73. The minimum Gasteiger partial charge on any atom is -0.493 e. The van der Waals surface area contributed by atoms with Crippen LogP contribution < -0.4 is 25.7 Å². The van der Waals surface area contributed by atoms with Crippen LogP contribution in [0.25, 0.3) is 5.70 Å². The molecule has 2 aromatic heterocycles. The zero-order valence-corrected chi connectivity index (χ0v) is 34.1. The van der Waals surface area contributed by atoms with E-state index >= 15 is 4.39 Å². The molecule has 3 rings (SSSR count). The number of rotatable bonds is 22. The van der Waals surface area contributed by atoms with Crippen molar-refractivity contribution in [3.8, 4) is 17.2 Å². The molecule has 1 atom stereocenters. The molecule has 0 saturated carbocycles. The number of allylic oxidation sites excluding steroid dienone is 5. The number of amides is 1. The van der Waals surface area contributed by atoms with Gasteiger partial charge in [0, 0.05) is 35.9 Å². The molecule has 1 amide bonds. The Labute approximate surface area is 324 Å². The van der Waals surface area contributed by atoms with Crippen molar-refractivity contribution in [2.45, 2.75) is 47.1 Å². The lowest BCUT2D eigenvalue weighted by molar-refractivity contribution is 0.102. The van der Waals surface area contributed by atoms with Gasteiger partial charge in [-0.15, -0.1) is 0 Å². The van der Waals surface area contributed by atoms with Crippen molar-refractivity contribution in [1.82, 2.24) is 9.55 Å². The van der Waals surface area contributed by atoms with E-state index in [0.717, 1.165) is 16.7 Å². The number of carbonyl (C=O) groups excluding carboxylic acids is 1. The maximum Gasteiger partial charge on any atom is 0.448 e. The SMILES string of the molecule is C=C(F)/C=C\C(=C/C)n1ccc(OCC)c(C(=O)Nc2ccc(Oc3ccnc(NC(P(=O)(OCC)OCC)[P+](OC)(OCC)OCC)c3Cl)c(F)c2)c1=O. The Hall–Kier alpha value is -3.98. The normalized spacial score (nSPS) is 12.8. The van der Waals surface area contributed by atoms with Gasteiger partial charge < -0.3 is 29.2 Å². The summed E-state index contributed by atoms with van der Waals surface area (Å²) in [6.07, 6.45) is 6.63. The number of carbonyl (C=O) groups is 1. The molecule has 0 aliphatic rings. The molecule has 55 heavy (non-hydrogen) atoms. The number of halogens is 3. The second-order valence-corrected chi connectivity index (χ2v) is 16.2. The molecule has 300 valence electrons. The summed E-state index contributed by atoms with van der Waals surface area (Å²) in [7, 11) is -6.26. The fraction of sp³-hybridized carbons (Fsp3) is 0.361. The van der Waals surface area contributed by atoms with Crippen LogP contribution >= 0.6 is 27.1 Å². The topological polar surface area (TPSA) is 158 Å². The Balaban J connectivity index is 1.97. The molecule has 0 spiro atoms. The first kappa shape index (κ1) is 45.4. The van der Waals surface area contributed by atoms with Crippen molar-refractivity contribution < 1.29 is 50.2 Å². The lowest BCUT2D eigenvalue weighted by atomic mass is 10.2. The van der Waals surface area contributed by atoms with Crippen molar-refractivity contribution in [2.24, 2.45) is 0 Å². The molecule has 0 aliphatic carbocycles. The monoisotopic (exact) mass is 829 g/mol. The Morgan fingerprint density at radius 3 is 2.24 bits per heavy atom. The molecule has 1 aromatic carbocycles. The van der Waals surface area contributed by atoms with Crippen molar-refractivity contribution in [3.63, 3.8) is 0 Å². The van der Waals surface area contributed by atoms with E-state index in [0.29, 0.717) is 0 Å². The maximum absolute atomic E-state index is 15.6. The summed E-state index contributed by atoms with van der Waals surface area (Å²) in [5.41, 5.74) is -2.26. The fourth-order valence-corrected chi connectivity index (χ4v) is 10.8. The van der Waals surface area contributed by atoms with Gasteiger partial charge in [0.05, 0.1) is 40.1 Å². The number of nitrogens with zero attached hydrogens (tertiary/aromatic N) is 2. The summed E-state index contributed by atoms with van der Waals surface area (Å²) in [6.45, 7) is 13.6. The minimum absolute atomic E-state index is 0.0127. The number of hydrogen-bond acceptors (Lipinski definition) is 12. The van der Waals surface area contributed by atoms with Gasteiger partial charge in [-0.3, -0.25) is 18.7 Å². The molecule has 0 saturated heterocycles. The number of ether oxygens (including phenoxy) is 2. The van der Waals surface area contributed by atoms with E-state index in [-0.39, 0.29) is 78.1 Å². The zero-order chi connectivity index (χ0) is 40.8. The minimum atomic E-state index is -4.09. The van der Waals surface area contributed by atoms with Crippen LogP contribution in [0.1, 0.15) is 51.9 Å². The second-order valence-electron chi connectivity index (χ2n) is 10.8. The van der Waals surface area contributed by atoms with Crippen LogP contribution in [-0.2, 0) is 27.2 Å². The molecule has 0 aliphatic heterocycles. The van der Waals surface area contributed by atoms with Crippen LogP contribution in [0.5, 0.6) is 17.2 Å². The van der Waals surface area contributed by atoms with Crippen LogP contribution in [0.2, 0.25) is 5.02 Å². The van der Waals surface area contributed by atoms with Crippen LogP contribution in [0.3, 0.4) is 0 Å². The number of anilines is 2. The molecule has 19 heteroatoms. The highest BCUT2D eigenvalue weighted by atomic mass is 35.5. The van der Waals surface area contributed by atoms with E-state index in [1.165, 1.54) is 49.8 Å². The van der Waals surface area contributed by atoms with Gasteiger partial charge in [0.2, 0.25) is 0 Å². The van der Waals surface area contributed by atoms with Crippen molar-refractivity contribution in [2.75, 3.05) is 50.8 Å². The van der Waals surface area contributed by atoms with Gasteiger partial charge in [-0.1, -0.05) is 24.3 Å². The number of benzene rings is 1. The molecular weight excluding hydrogens is 784 g/mol. The van der Waals surface area contributed by atoms with Crippen LogP contribution in [0, 0.1) is 5.82 Å². The van der Waals surface area contributed by atoms with Gasteiger partial charge in [-0.2, -0.15) is 13.6 Å². The number of hydrogen-bond donors (Lipinski definition) is 2. The summed E-state index contributed by atoms with van der Waals surface area (Å²) < 4.78 is 84.6. The summed E-state index contributed by atoms with van der Waals surface area (Å²) in [4.78, 5) is 31.3. The highest BCUT2D eigenvalue weighted by Gasteiger charge is 2.64. The first-order valence-electron chi connectivity index (χ1n) is 17.2. The Bertz CT molecular complexity index is 1960. The molecule has 2 heterocycles. The van der Waals surface area contributed by atoms with E-state index in [1.54, 1.807) is 47.6 Å². The Kier molecular flexibility index (Phi) is 17.6. The van der Waals surface area contributed by atoms with E-state index in [2.05, 4.69) is 22.2 Å². The molecule has 14 nitrogen and oxygen atoms in total. The maximum atomic E-state index is 15.6. The Morgan fingerprint density at radius 2 is 1.69 bits per heavy atom. The van der Waals surface area contributed by atoms with Gasteiger partial charge in [-0.25, -0.2) is 13.8 Å². The third-order valence-electron chi connectivity index (χ3n) is 7.21. The Morgan fingerprint density at radius 1 is 1.02 bits per heavy atom. The smallest absolute Gasteiger partial charge is 0.448 e. The average Bonchev–Trinajstić information content (AvgIpc) is 3.14. The van der Waals surface area contributed by atoms with Gasteiger partial charge >= 0.3 is 21.1 Å².